The number of nitrogens with zero attached hydrogens (tertiary/aromatic N) is 2. The van der Waals surface area contributed by atoms with Crippen LogP contribution in [0.5, 0.6) is 5.75 Å². The number of hydrogen-bond donors (Lipinski definition) is 2. The van der Waals surface area contributed by atoms with E-state index < -0.39 is 57.3 Å². The highest BCUT2D eigenvalue weighted by Crippen LogP contribution is 2.27. The molecule has 0 unspecified atom stereocenters. The summed E-state index contributed by atoms with van der Waals surface area (Å²) in [6.07, 6.45) is -0.512. The van der Waals surface area contributed by atoms with Crippen molar-refractivity contribution in [3.63, 3.8) is 0 Å². The Morgan fingerprint density at radius 2 is 1.60 bits per heavy atom. The molecule has 3 rings (SSSR count). The number of hydrogen-bond acceptors (Lipinski definition) is 9. The minimum Gasteiger partial charge on any atom is -0.462 e. The lowest BCUT2D eigenvalue weighted by atomic mass is 10.0. The second kappa shape index (κ2) is 15.2. The van der Waals surface area contributed by atoms with E-state index in [4.69, 9.17) is 14.2 Å². The average molecular weight is 675 g/mol. The molecule has 0 aromatic heterocycles. The molecule has 0 aliphatic carbocycles. The third kappa shape index (κ3) is 11.0. The Balaban J connectivity index is 1.80. The maximum atomic E-state index is 13.7. The van der Waals surface area contributed by atoms with Crippen LogP contribution < -0.4 is 15.4 Å². The summed E-state index contributed by atoms with van der Waals surface area (Å²) in [7, 11) is -0.874. The minimum absolute atomic E-state index is 0.0101. The summed E-state index contributed by atoms with van der Waals surface area (Å²) in [6.45, 7) is 10.2. The molecule has 1 fully saturated rings. The molecular formula is C33H46N4O9S. The van der Waals surface area contributed by atoms with E-state index >= 15 is 0 Å². The highest BCUT2D eigenvalue weighted by molar-refractivity contribution is 7.89. The van der Waals surface area contributed by atoms with Gasteiger partial charge in [0.2, 0.25) is 15.9 Å². The normalized spacial score (nSPS) is 16.1. The fraction of sp³-hybridized carbons (Fsp3) is 0.515. The van der Waals surface area contributed by atoms with E-state index in [-0.39, 0.29) is 36.6 Å². The lowest BCUT2D eigenvalue weighted by molar-refractivity contribution is -0.150. The molecule has 13 nitrogen and oxygen atoms in total. The Kier molecular flexibility index (Phi) is 12.0. The fourth-order valence-corrected chi connectivity index (χ4v) is 6.34. The number of ether oxygens (including phenoxy) is 3. The summed E-state index contributed by atoms with van der Waals surface area (Å²) in [5.74, 6) is -1.14. The van der Waals surface area contributed by atoms with Gasteiger partial charge in [-0.3, -0.25) is 4.79 Å². The Labute approximate surface area is 277 Å². The molecule has 2 aromatic carbocycles. The van der Waals surface area contributed by atoms with Crippen molar-refractivity contribution in [3.05, 3.63) is 59.7 Å². The Morgan fingerprint density at radius 1 is 0.979 bits per heavy atom. The second-order valence-electron chi connectivity index (χ2n) is 13.4. The van der Waals surface area contributed by atoms with Gasteiger partial charge in [-0.25, -0.2) is 22.8 Å². The molecule has 0 bridgehead atoms. The number of rotatable bonds is 11. The number of nitrogens with one attached hydrogen (secondary N) is 2. The summed E-state index contributed by atoms with van der Waals surface area (Å²) in [5, 5.41) is 5.39. The molecule has 2 atom stereocenters. The molecule has 0 spiro atoms. The van der Waals surface area contributed by atoms with Crippen molar-refractivity contribution >= 4 is 34.1 Å². The number of esters is 1. The van der Waals surface area contributed by atoms with Crippen LogP contribution in [0.25, 0.3) is 0 Å². The third-order valence-electron chi connectivity index (χ3n) is 7.08. The van der Waals surface area contributed by atoms with Crippen molar-refractivity contribution in [2.75, 3.05) is 27.2 Å². The predicted octanol–water partition coefficient (Wildman–Crippen LogP) is 3.78. The first-order valence-corrected chi connectivity index (χ1v) is 16.8. The van der Waals surface area contributed by atoms with E-state index in [0.29, 0.717) is 12.0 Å². The number of amides is 3. The van der Waals surface area contributed by atoms with Gasteiger partial charge in [0, 0.05) is 27.1 Å². The van der Waals surface area contributed by atoms with Crippen molar-refractivity contribution in [1.29, 1.82) is 0 Å². The Hall–Kier alpha value is -4.17. The summed E-state index contributed by atoms with van der Waals surface area (Å²) in [5.41, 5.74) is -0.240. The zero-order chi connectivity index (χ0) is 35.2. The molecule has 1 aliphatic rings. The summed E-state index contributed by atoms with van der Waals surface area (Å²) >= 11 is 0. The van der Waals surface area contributed by atoms with Crippen molar-refractivity contribution < 1.29 is 41.8 Å². The number of alkyl carbamates (subject to hydrolysis) is 1. The van der Waals surface area contributed by atoms with Crippen LogP contribution in [0, 0.1) is 6.92 Å². The fourth-order valence-electron chi connectivity index (χ4n) is 4.69. The first-order valence-electron chi connectivity index (χ1n) is 15.3. The summed E-state index contributed by atoms with van der Waals surface area (Å²) < 4.78 is 44.3. The van der Waals surface area contributed by atoms with Gasteiger partial charge in [0.05, 0.1) is 10.4 Å². The zero-order valence-electron chi connectivity index (χ0n) is 28.3. The van der Waals surface area contributed by atoms with Crippen LogP contribution in [-0.4, -0.2) is 92.2 Å². The van der Waals surface area contributed by atoms with Gasteiger partial charge in [0.25, 0.3) is 0 Å². The van der Waals surface area contributed by atoms with Gasteiger partial charge in [-0.15, -0.1) is 0 Å². The largest absolute Gasteiger partial charge is 0.462 e. The number of carbonyl (C=O) groups is 4. The number of sulfonamides is 1. The van der Waals surface area contributed by atoms with E-state index in [1.807, 2.05) is 6.92 Å². The van der Waals surface area contributed by atoms with Crippen LogP contribution >= 0.6 is 0 Å². The zero-order valence-corrected chi connectivity index (χ0v) is 29.1. The molecule has 258 valence electrons. The minimum atomic E-state index is -3.98. The molecule has 1 saturated heterocycles. The van der Waals surface area contributed by atoms with E-state index in [1.54, 1.807) is 85.1 Å². The van der Waals surface area contributed by atoms with Crippen molar-refractivity contribution in [3.8, 4) is 5.75 Å². The topological polar surface area (TPSA) is 161 Å². The van der Waals surface area contributed by atoms with E-state index in [9.17, 15) is 27.6 Å². The second-order valence-corrected chi connectivity index (χ2v) is 15.3. The van der Waals surface area contributed by atoms with Gasteiger partial charge in [0.1, 0.15) is 30.0 Å². The lowest BCUT2D eigenvalue weighted by Gasteiger charge is -2.29. The summed E-state index contributed by atoms with van der Waals surface area (Å²) in [6, 6.07) is 10.5. The molecule has 1 aliphatic heterocycles. The Bertz CT molecular complexity index is 1530. The number of carbonyl (C=O) groups excluding carboxylic acids is 4. The predicted molar refractivity (Wildman–Crippen MR) is 174 cm³/mol. The van der Waals surface area contributed by atoms with Gasteiger partial charge < -0.3 is 29.7 Å². The van der Waals surface area contributed by atoms with Gasteiger partial charge in [0.15, 0.2) is 0 Å². The molecular weight excluding hydrogens is 628 g/mol. The lowest BCUT2D eigenvalue weighted by Crippen LogP contribution is -2.53. The highest BCUT2D eigenvalue weighted by atomic mass is 32.2. The number of aryl methyl sites for hydroxylation is 1. The standard InChI is InChI=1S/C33H46N4O9S/c1-22-11-17-25(18-12-22)47(42,43)37-19-9-10-27(37)28(38)34-26(20-23-13-15-24(16-14-23)45-31(41)36(7)8)29(39)44-21-33(5,6)35-30(40)46-32(2,3)4/h11-18,26-27H,9-10,19-21H2,1-8H3,(H,34,38)(H,35,40)/t26-,27-/m0/s1. The van der Waals surface area contributed by atoms with Crippen LogP contribution in [0.2, 0.25) is 0 Å². The molecule has 3 amide bonds. The van der Waals surface area contributed by atoms with Crippen LogP contribution in [0.4, 0.5) is 9.59 Å². The first kappa shape index (κ1) is 37.3. The van der Waals surface area contributed by atoms with Crippen LogP contribution in [0.3, 0.4) is 0 Å². The maximum absolute atomic E-state index is 13.7. The smallest absolute Gasteiger partial charge is 0.414 e. The van der Waals surface area contributed by atoms with Crippen LogP contribution in [-0.2, 0) is 35.5 Å². The van der Waals surface area contributed by atoms with Gasteiger partial charge in [-0.05, 0) is 84.2 Å². The van der Waals surface area contributed by atoms with Crippen LogP contribution in [0.15, 0.2) is 53.4 Å². The summed E-state index contributed by atoms with van der Waals surface area (Å²) in [4.78, 5) is 52.7. The number of benzene rings is 2. The van der Waals surface area contributed by atoms with Crippen LogP contribution in [0.1, 0.15) is 58.6 Å². The monoisotopic (exact) mass is 674 g/mol. The Morgan fingerprint density at radius 3 is 2.17 bits per heavy atom. The SMILES string of the molecule is Cc1ccc(S(=O)(=O)N2CCC[C@H]2C(=O)N[C@@H](Cc2ccc(OC(=O)N(C)C)cc2)C(=O)OCC(C)(C)NC(=O)OC(C)(C)C)cc1. The third-order valence-corrected chi connectivity index (χ3v) is 9.01. The maximum Gasteiger partial charge on any atom is 0.414 e. The van der Waals surface area contributed by atoms with Gasteiger partial charge in [-0.1, -0.05) is 29.8 Å². The van der Waals surface area contributed by atoms with E-state index in [1.165, 1.54) is 17.0 Å². The molecule has 2 N–H and O–H groups in total. The highest BCUT2D eigenvalue weighted by Gasteiger charge is 2.41. The van der Waals surface area contributed by atoms with Crippen molar-refractivity contribution in [2.45, 2.75) is 88.9 Å². The molecule has 14 heteroatoms. The van der Waals surface area contributed by atoms with Gasteiger partial charge in [-0.2, -0.15) is 4.31 Å². The van der Waals surface area contributed by atoms with Crippen molar-refractivity contribution in [1.82, 2.24) is 19.8 Å². The van der Waals surface area contributed by atoms with Crippen molar-refractivity contribution in [2.24, 2.45) is 0 Å². The first-order chi connectivity index (χ1) is 21.8. The molecule has 47 heavy (non-hydrogen) atoms. The molecule has 1 heterocycles. The van der Waals surface area contributed by atoms with E-state index in [0.717, 1.165) is 9.87 Å². The van der Waals surface area contributed by atoms with Gasteiger partial charge >= 0.3 is 18.2 Å². The van der Waals surface area contributed by atoms with E-state index in [2.05, 4.69) is 10.6 Å². The molecule has 0 saturated carbocycles. The quantitative estimate of drug-likeness (QED) is 0.338. The molecule has 0 radical (unpaired) electrons. The average Bonchev–Trinajstić information content (AvgIpc) is 3.47. The molecule has 2 aromatic rings.